The lowest BCUT2D eigenvalue weighted by Crippen LogP contribution is -2.64. The van der Waals surface area contributed by atoms with Crippen molar-refractivity contribution in [3.05, 3.63) is 35.9 Å². The zero-order valence-electron chi connectivity index (χ0n) is 18.7. The molecule has 0 aromatic heterocycles. The van der Waals surface area contributed by atoms with Crippen molar-refractivity contribution in [1.29, 1.82) is 0 Å². The van der Waals surface area contributed by atoms with Crippen LogP contribution in [-0.2, 0) is 38.0 Å². The standard InChI is InChI=1S/C22H32O8Si/c1-14(23)27-19-18-17(13-26-21(30-18)16-9-7-6-8-10-16)29-22(20(19)28-15(2)24)25-11-12-31(3,4)5/h6-10,17-22H,11-13H2,1-5H3. The second kappa shape index (κ2) is 10.2. The molecule has 31 heavy (non-hydrogen) atoms. The molecule has 1 aromatic carbocycles. The van der Waals surface area contributed by atoms with E-state index in [4.69, 9.17) is 28.4 Å². The van der Waals surface area contributed by atoms with Crippen LogP contribution in [0.25, 0.3) is 0 Å². The topological polar surface area (TPSA) is 89.5 Å². The quantitative estimate of drug-likeness (QED) is 0.461. The summed E-state index contributed by atoms with van der Waals surface area (Å²) in [5, 5.41) is 0. The third-order valence-corrected chi connectivity index (χ3v) is 6.80. The zero-order valence-corrected chi connectivity index (χ0v) is 19.7. The van der Waals surface area contributed by atoms with Gasteiger partial charge in [-0.25, -0.2) is 0 Å². The van der Waals surface area contributed by atoms with Crippen molar-refractivity contribution in [1.82, 2.24) is 0 Å². The van der Waals surface area contributed by atoms with Crippen LogP contribution in [0.1, 0.15) is 25.7 Å². The fourth-order valence-electron chi connectivity index (χ4n) is 3.58. The normalized spacial score (nSPS) is 30.9. The summed E-state index contributed by atoms with van der Waals surface area (Å²) in [7, 11) is -1.34. The van der Waals surface area contributed by atoms with Crippen LogP contribution in [0.15, 0.2) is 30.3 Å². The third-order valence-electron chi connectivity index (χ3n) is 5.09. The number of hydrogen-bond acceptors (Lipinski definition) is 8. The molecule has 2 fully saturated rings. The van der Waals surface area contributed by atoms with E-state index in [0.29, 0.717) is 6.61 Å². The first-order chi connectivity index (χ1) is 14.6. The number of ether oxygens (including phenoxy) is 6. The van der Waals surface area contributed by atoms with Gasteiger partial charge in [-0.15, -0.1) is 0 Å². The van der Waals surface area contributed by atoms with Crippen LogP contribution in [-0.4, -0.2) is 63.9 Å². The van der Waals surface area contributed by atoms with E-state index in [9.17, 15) is 9.59 Å². The van der Waals surface area contributed by atoms with Crippen LogP contribution in [0, 0.1) is 0 Å². The number of carbonyl (C=O) groups is 2. The van der Waals surface area contributed by atoms with Crippen LogP contribution in [0.5, 0.6) is 0 Å². The maximum atomic E-state index is 11.9. The first kappa shape index (κ1) is 23.9. The number of benzene rings is 1. The van der Waals surface area contributed by atoms with Gasteiger partial charge >= 0.3 is 11.9 Å². The highest BCUT2D eigenvalue weighted by molar-refractivity contribution is 6.76. The molecule has 3 rings (SSSR count). The summed E-state index contributed by atoms with van der Waals surface area (Å²) in [6.45, 7) is 10.0. The lowest BCUT2D eigenvalue weighted by Gasteiger charge is -2.48. The van der Waals surface area contributed by atoms with E-state index in [-0.39, 0.29) is 6.61 Å². The summed E-state index contributed by atoms with van der Waals surface area (Å²) in [6.07, 6.45) is -4.57. The molecular formula is C22H32O8Si. The summed E-state index contributed by atoms with van der Waals surface area (Å²) >= 11 is 0. The van der Waals surface area contributed by atoms with E-state index in [1.165, 1.54) is 13.8 Å². The molecule has 2 saturated heterocycles. The highest BCUT2D eigenvalue weighted by atomic mass is 28.3. The van der Waals surface area contributed by atoms with E-state index in [0.717, 1.165) is 11.6 Å². The Labute approximate surface area is 184 Å². The first-order valence-corrected chi connectivity index (χ1v) is 14.3. The number of hydrogen-bond donors (Lipinski definition) is 0. The third kappa shape index (κ3) is 6.60. The van der Waals surface area contributed by atoms with Gasteiger partial charge < -0.3 is 28.4 Å². The monoisotopic (exact) mass is 452 g/mol. The summed E-state index contributed by atoms with van der Waals surface area (Å²) in [5.41, 5.74) is 0.833. The Hall–Kier alpha value is -1.78. The van der Waals surface area contributed by atoms with Gasteiger partial charge in [0.25, 0.3) is 0 Å². The zero-order chi connectivity index (χ0) is 22.6. The lowest BCUT2D eigenvalue weighted by atomic mass is 9.97. The Kier molecular flexibility index (Phi) is 7.87. The minimum absolute atomic E-state index is 0.225. The van der Waals surface area contributed by atoms with Crippen molar-refractivity contribution in [2.45, 2.75) is 76.5 Å². The molecule has 2 aliphatic heterocycles. The van der Waals surface area contributed by atoms with Crippen LogP contribution in [0.2, 0.25) is 25.7 Å². The van der Waals surface area contributed by atoms with Crippen LogP contribution in [0.3, 0.4) is 0 Å². The number of esters is 2. The molecule has 0 N–H and O–H groups in total. The molecule has 0 amide bonds. The van der Waals surface area contributed by atoms with Crippen molar-refractivity contribution < 1.29 is 38.0 Å². The highest BCUT2D eigenvalue weighted by Gasteiger charge is 2.53. The van der Waals surface area contributed by atoms with Gasteiger partial charge in [0.15, 0.2) is 24.8 Å². The van der Waals surface area contributed by atoms with E-state index >= 15 is 0 Å². The van der Waals surface area contributed by atoms with Crippen molar-refractivity contribution in [3.8, 4) is 0 Å². The van der Waals surface area contributed by atoms with Crippen LogP contribution in [0.4, 0.5) is 0 Å². The number of fused-ring (bicyclic) bond motifs is 1. The molecule has 0 radical (unpaired) electrons. The molecule has 9 heteroatoms. The van der Waals surface area contributed by atoms with Gasteiger partial charge in [-0.2, -0.15) is 0 Å². The lowest BCUT2D eigenvalue weighted by molar-refractivity contribution is -0.361. The Balaban J connectivity index is 1.81. The Morgan fingerprint density at radius 3 is 2.26 bits per heavy atom. The number of rotatable bonds is 7. The molecule has 6 atom stereocenters. The Morgan fingerprint density at radius 1 is 1.00 bits per heavy atom. The van der Waals surface area contributed by atoms with Crippen LogP contribution < -0.4 is 0 Å². The summed E-state index contributed by atoms with van der Waals surface area (Å²) in [6, 6.07) is 10.4. The maximum Gasteiger partial charge on any atom is 0.303 e. The van der Waals surface area contributed by atoms with Crippen molar-refractivity contribution in [2.75, 3.05) is 13.2 Å². The van der Waals surface area contributed by atoms with E-state index in [1.807, 2.05) is 30.3 Å². The second-order valence-corrected chi connectivity index (χ2v) is 14.7. The molecule has 0 saturated carbocycles. The fourth-order valence-corrected chi connectivity index (χ4v) is 4.31. The van der Waals surface area contributed by atoms with Gasteiger partial charge in [-0.3, -0.25) is 9.59 Å². The SMILES string of the molecule is CC(=O)OC1C(OCC[Si](C)(C)C)OC2COC(c3ccccc3)OC2C1OC(C)=O. The molecule has 172 valence electrons. The van der Waals surface area contributed by atoms with Gasteiger partial charge in [0, 0.05) is 34.1 Å². The average Bonchev–Trinajstić information content (AvgIpc) is 2.69. The van der Waals surface area contributed by atoms with E-state index < -0.39 is 57.0 Å². The highest BCUT2D eigenvalue weighted by Crippen LogP contribution is 2.36. The van der Waals surface area contributed by atoms with E-state index in [2.05, 4.69) is 19.6 Å². The van der Waals surface area contributed by atoms with Gasteiger partial charge in [-0.1, -0.05) is 50.0 Å². The molecule has 1 aromatic rings. The molecular weight excluding hydrogens is 420 g/mol. The largest absolute Gasteiger partial charge is 0.455 e. The number of carbonyl (C=O) groups excluding carboxylic acids is 2. The van der Waals surface area contributed by atoms with Gasteiger partial charge in [0.05, 0.1) is 6.61 Å². The van der Waals surface area contributed by atoms with Gasteiger partial charge in [0.1, 0.15) is 12.2 Å². The van der Waals surface area contributed by atoms with Crippen molar-refractivity contribution >= 4 is 20.0 Å². The molecule has 2 heterocycles. The maximum absolute atomic E-state index is 11.9. The molecule has 0 aliphatic carbocycles. The molecule has 8 nitrogen and oxygen atoms in total. The fraction of sp³-hybridized carbons (Fsp3) is 0.636. The van der Waals surface area contributed by atoms with Crippen LogP contribution >= 0.6 is 0 Å². The Bertz CT molecular complexity index is 750. The minimum Gasteiger partial charge on any atom is -0.455 e. The predicted octanol–water partition coefficient (Wildman–Crippen LogP) is 3.04. The minimum atomic E-state index is -1.34. The molecule has 0 spiro atoms. The van der Waals surface area contributed by atoms with E-state index in [1.54, 1.807) is 0 Å². The van der Waals surface area contributed by atoms with Gasteiger partial charge in [-0.05, 0) is 6.04 Å². The second-order valence-electron chi connectivity index (χ2n) is 9.05. The summed E-state index contributed by atoms with van der Waals surface area (Å²) in [4.78, 5) is 23.7. The first-order valence-electron chi connectivity index (χ1n) is 10.6. The van der Waals surface area contributed by atoms with Crippen molar-refractivity contribution in [3.63, 3.8) is 0 Å². The van der Waals surface area contributed by atoms with Gasteiger partial charge in [0.2, 0.25) is 0 Å². The predicted molar refractivity (Wildman–Crippen MR) is 114 cm³/mol. The molecule has 2 aliphatic rings. The Morgan fingerprint density at radius 2 is 1.65 bits per heavy atom. The average molecular weight is 453 g/mol. The molecule has 6 unspecified atom stereocenters. The summed E-state index contributed by atoms with van der Waals surface area (Å²) < 4.78 is 35.2. The molecule has 0 bridgehead atoms. The summed E-state index contributed by atoms with van der Waals surface area (Å²) in [5.74, 6) is -1.02. The van der Waals surface area contributed by atoms with Crippen molar-refractivity contribution in [2.24, 2.45) is 0 Å². The smallest absolute Gasteiger partial charge is 0.303 e.